The molecule has 2 saturated carbocycles. The Kier molecular flexibility index (Phi) is 4.24. The maximum absolute atomic E-state index is 13.3. The molecule has 0 radical (unpaired) electrons. The van der Waals surface area contributed by atoms with Gasteiger partial charge in [0, 0.05) is 16.9 Å². The van der Waals surface area contributed by atoms with Gasteiger partial charge in [0.1, 0.15) is 17.3 Å². The SMILES string of the molecule is CCc1ccc(Oc2ccc(Cl)cc2)cc1C1=C(O)[C@@H]2[C@@H]3CC[C@@H](C3)[C@@H]2C1=O. The second-order valence-corrected chi connectivity index (χ2v) is 8.67. The smallest absolute Gasteiger partial charge is 0.170 e. The Balaban J connectivity index is 1.53. The molecule has 0 amide bonds. The van der Waals surface area contributed by atoms with Gasteiger partial charge in [-0.05, 0) is 85.0 Å². The highest BCUT2D eigenvalue weighted by molar-refractivity contribution is 6.30. The first-order chi connectivity index (χ1) is 13.6. The van der Waals surface area contributed by atoms with E-state index in [1.807, 2.05) is 30.3 Å². The predicted molar refractivity (Wildman–Crippen MR) is 110 cm³/mol. The lowest BCUT2D eigenvalue weighted by atomic mass is 9.80. The van der Waals surface area contributed by atoms with E-state index in [0.29, 0.717) is 39.7 Å². The van der Waals surface area contributed by atoms with Gasteiger partial charge in [-0.1, -0.05) is 24.6 Å². The number of rotatable bonds is 4. The monoisotopic (exact) mass is 394 g/mol. The number of aryl methyl sites for hydroxylation is 1. The number of halogens is 1. The number of hydrogen-bond acceptors (Lipinski definition) is 3. The van der Waals surface area contributed by atoms with Gasteiger partial charge in [-0.2, -0.15) is 0 Å². The molecule has 3 nitrogen and oxygen atoms in total. The van der Waals surface area contributed by atoms with E-state index < -0.39 is 0 Å². The van der Waals surface area contributed by atoms with Gasteiger partial charge in [-0.25, -0.2) is 0 Å². The lowest BCUT2D eigenvalue weighted by Gasteiger charge is -2.23. The lowest BCUT2D eigenvalue weighted by molar-refractivity contribution is -0.118. The Bertz CT molecular complexity index is 976. The zero-order chi connectivity index (χ0) is 19.4. The fraction of sp³-hybridized carbons (Fsp3) is 0.375. The Hall–Kier alpha value is -2.26. The van der Waals surface area contributed by atoms with Crippen LogP contribution < -0.4 is 4.74 Å². The summed E-state index contributed by atoms with van der Waals surface area (Å²) in [7, 11) is 0. The number of carbonyl (C=O) groups excluding carboxylic acids is 1. The molecule has 0 heterocycles. The Morgan fingerprint density at radius 3 is 2.39 bits per heavy atom. The third kappa shape index (κ3) is 2.68. The normalized spacial score (nSPS) is 28.1. The van der Waals surface area contributed by atoms with Crippen LogP contribution in [-0.4, -0.2) is 10.9 Å². The quantitative estimate of drug-likeness (QED) is 0.670. The van der Waals surface area contributed by atoms with Crippen molar-refractivity contribution in [1.29, 1.82) is 0 Å². The molecular formula is C24H23ClO3. The molecule has 2 aromatic carbocycles. The molecule has 2 aromatic rings. The largest absolute Gasteiger partial charge is 0.511 e. The molecule has 0 saturated heterocycles. The summed E-state index contributed by atoms with van der Waals surface area (Å²) in [5, 5.41) is 11.7. The maximum Gasteiger partial charge on any atom is 0.170 e. The first kappa shape index (κ1) is 17.8. The highest BCUT2D eigenvalue weighted by atomic mass is 35.5. The summed E-state index contributed by atoms with van der Waals surface area (Å²) in [6.07, 6.45) is 4.15. The first-order valence-corrected chi connectivity index (χ1v) is 10.5. The van der Waals surface area contributed by atoms with Crippen molar-refractivity contribution in [1.82, 2.24) is 0 Å². The Labute approximate surface area is 170 Å². The molecule has 0 spiro atoms. The third-order valence-electron chi connectivity index (χ3n) is 6.82. The van der Waals surface area contributed by atoms with Crippen molar-refractivity contribution >= 4 is 23.0 Å². The van der Waals surface area contributed by atoms with Crippen LogP contribution in [0.15, 0.2) is 48.2 Å². The summed E-state index contributed by atoms with van der Waals surface area (Å²) < 4.78 is 5.98. The van der Waals surface area contributed by atoms with Gasteiger partial charge in [-0.15, -0.1) is 0 Å². The molecule has 0 aliphatic heterocycles. The van der Waals surface area contributed by atoms with Crippen LogP contribution in [-0.2, 0) is 11.2 Å². The second kappa shape index (κ2) is 6.66. The van der Waals surface area contributed by atoms with E-state index >= 15 is 0 Å². The fourth-order valence-electron chi connectivity index (χ4n) is 5.59. The lowest BCUT2D eigenvalue weighted by Crippen LogP contribution is -2.24. The Morgan fingerprint density at radius 2 is 1.71 bits per heavy atom. The standard InChI is InChI=1S/C24H23ClO3/c1-2-13-5-8-18(28-17-9-6-16(25)7-10-17)12-19(13)22-23(26)20-14-3-4-15(11-14)21(20)24(22)27/h5-10,12,14-15,20-21,26H,2-4,11H2,1H3/t14-,15+,20-,21+/m1/s1. The molecule has 0 aromatic heterocycles. The van der Waals surface area contributed by atoms with Crippen molar-refractivity contribution in [3.8, 4) is 11.5 Å². The van der Waals surface area contributed by atoms with Gasteiger partial charge in [0.2, 0.25) is 0 Å². The van der Waals surface area contributed by atoms with Crippen LogP contribution in [0.1, 0.15) is 37.3 Å². The highest BCUT2D eigenvalue weighted by Crippen LogP contribution is 2.60. The minimum Gasteiger partial charge on any atom is -0.511 e. The molecule has 144 valence electrons. The minimum atomic E-state index is -0.0145. The van der Waals surface area contributed by atoms with Crippen LogP contribution >= 0.6 is 11.6 Å². The van der Waals surface area contributed by atoms with E-state index in [9.17, 15) is 9.90 Å². The summed E-state index contributed by atoms with van der Waals surface area (Å²) in [6.45, 7) is 2.07. The maximum atomic E-state index is 13.3. The van der Waals surface area contributed by atoms with E-state index in [1.165, 1.54) is 0 Å². The van der Waals surface area contributed by atoms with E-state index in [2.05, 4.69) is 6.92 Å². The van der Waals surface area contributed by atoms with Gasteiger partial charge in [0.05, 0.1) is 5.57 Å². The van der Waals surface area contributed by atoms with Crippen LogP contribution in [0.3, 0.4) is 0 Å². The van der Waals surface area contributed by atoms with Crippen molar-refractivity contribution in [2.45, 2.75) is 32.6 Å². The molecule has 2 bridgehead atoms. The zero-order valence-corrected chi connectivity index (χ0v) is 16.6. The number of aliphatic hydroxyl groups excluding tert-OH is 1. The van der Waals surface area contributed by atoms with E-state index in [1.54, 1.807) is 12.1 Å². The molecule has 0 unspecified atom stereocenters. The van der Waals surface area contributed by atoms with Crippen molar-refractivity contribution in [3.63, 3.8) is 0 Å². The number of aliphatic hydroxyl groups is 1. The average Bonchev–Trinajstić information content (AvgIpc) is 3.37. The van der Waals surface area contributed by atoms with Crippen molar-refractivity contribution < 1.29 is 14.6 Å². The van der Waals surface area contributed by atoms with Gasteiger partial charge >= 0.3 is 0 Å². The average molecular weight is 395 g/mol. The molecule has 28 heavy (non-hydrogen) atoms. The van der Waals surface area contributed by atoms with Gasteiger partial charge in [0.15, 0.2) is 5.78 Å². The van der Waals surface area contributed by atoms with Crippen LogP contribution in [0.5, 0.6) is 11.5 Å². The summed E-state index contributed by atoms with van der Waals surface area (Å²) in [6, 6.07) is 13.0. The number of ketones is 1. The molecule has 1 N–H and O–H groups in total. The second-order valence-electron chi connectivity index (χ2n) is 8.24. The number of ether oxygens (including phenoxy) is 1. The van der Waals surface area contributed by atoms with Crippen molar-refractivity contribution in [3.05, 3.63) is 64.4 Å². The number of Topliss-reactive ketones (excluding diaryl/α,β-unsaturated/α-hetero) is 1. The highest BCUT2D eigenvalue weighted by Gasteiger charge is 2.57. The van der Waals surface area contributed by atoms with Crippen LogP contribution in [0.2, 0.25) is 5.02 Å². The predicted octanol–water partition coefficient (Wildman–Crippen LogP) is 6.21. The molecule has 4 heteroatoms. The van der Waals surface area contributed by atoms with Crippen LogP contribution in [0.4, 0.5) is 0 Å². The van der Waals surface area contributed by atoms with Gasteiger partial charge in [0.25, 0.3) is 0 Å². The number of hydrogen-bond donors (Lipinski definition) is 1. The van der Waals surface area contributed by atoms with Gasteiger partial charge < -0.3 is 9.84 Å². The topological polar surface area (TPSA) is 46.5 Å². The number of fused-ring (bicyclic) bond motifs is 5. The molecule has 3 aliphatic carbocycles. The molecular weight excluding hydrogens is 372 g/mol. The summed E-state index contributed by atoms with van der Waals surface area (Å²) in [5.74, 6) is 2.73. The van der Waals surface area contributed by atoms with Crippen molar-refractivity contribution in [2.75, 3.05) is 0 Å². The zero-order valence-electron chi connectivity index (χ0n) is 15.8. The summed E-state index contributed by atoms with van der Waals surface area (Å²) >= 11 is 5.95. The van der Waals surface area contributed by atoms with E-state index in [4.69, 9.17) is 16.3 Å². The Morgan fingerprint density at radius 1 is 1.04 bits per heavy atom. The third-order valence-corrected chi connectivity index (χ3v) is 7.07. The molecule has 4 atom stereocenters. The summed E-state index contributed by atoms with van der Waals surface area (Å²) in [4.78, 5) is 13.3. The molecule has 3 aliphatic rings. The van der Waals surface area contributed by atoms with Crippen LogP contribution in [0, 0.1) is 23.7 Å². The fourth-order valence-corrected chi connectivity index (χ4v) is 5.72. The molecule has 5 rings (SSSR count). The summed E-state index contributed by atoms with van der Waals surface area (Å²) in [5.41, 5.74) is 2.42. The van der Waals surface area contributed by atoms with Crippen molar-refractivity contribution in [2.24, 2.45) is 23.7 Å². The number of carbonyl (C=O) groups is 1. The van der Waals surface area contributed by atoms with Gasteiger partial charge in [-0.3, -0.25) is 4.79 Å². The van der Waals surface area contributed by atoms with E-state index in [0.717, 1.165) is 36.8 Å². The minimum absolute atomic E-state index is 0.0145. The van der Waals surface area contributed by atoms with E-state index in [-0.39, 0.29) is 17.6 Å². The van der Waals surface area contributed by atoms with Crippen LogP contribution in [0.25, 0.3) is 5.57 Å². The number of benzene rings is 2. The number of allylic oxidation sites excluding steroid dienone is 2. The molecule has 2 fully saturated rings. The first-order valence-electron chi connectivity index (χ1n) is 10.1.